The average Bonchev–Trinajstić information content (AvgIpc) is 2.25. The molecule has 0 atom stereocenters. The predicted octanol–water partition coefficient (Wildman–Crippen LogP) is 1.68. The van der Waals surface area contributed by atoms with Gasteiger partial charge >= 0.3 is 0 Å². The zero-order valence-corrected chi connectivity index (χ0v) is 12.3. The number of anilines is 1. The van der Waals surface area contributed by atoms with Crippen LogP contribution in [0.1, 0.15) is 17.5 Å². The Morgan fingerprint density at radius 2 is 1.78 bits per heavy atom. The van der Waals surface area contributed by atoms with E-state index in [1.54, 1.807) is 0 Å². The van der Waals surface area contributed by atoms with Gasteiger partial charge in [0.25, 0.3) is 0 Å². The lowest BCUT2D eigenvalue weighted by atomic mass is 10.1. The molecule has 4 nitrogen and oxygen atoms in total. The van der Waals surface area contributed by atoms with Gasteiger partial charge in [-0.3, -0.25) is 4.31 Å². The molecule has 0 saturated carbocycles. The molecule has 0 fully saturated rings. The number of hydrogen-bond acceptors (Lipinski definition) is 3. The van der Waals surface area contributed by atoms with Crippen LogP contribution in [0.4, 0.5) is 5.69 Å². The number of nitrogens with zero attached hydrogens (tertiary/aromatic N) is 1. The van der Waals surface area contributed by atoms with Crippen molar-refractivity contribution in [2.75, 3.05) is 30.7 Å². The first-order valence-electron chi connectivity index (χ1n) is 6.06. The molecule has 0 saturated heterocycles. The summed E-state index contributed by atoms with van der Waals surface area (Å²) in [6.07, 6.45) is 2.05. The van der Waals surface area contributed by atoms with Gasteiger partial charge in [-0.05, 0) is 45.0 Å². The third-order valence-electron chi connectivity index (χ3n) is 2.88. The molecule has 0 radical (unpaired) electrons. The van der Waals surface area contributed by atoms with Crippen LogP contribution in [-0.4, -0.2) is 34.8 Å². The van der Waals surface area contributed by atoms with E-state index in [2.05, 4.69) is 5.32 Å². The van der Waals surface area contributed by atoms with E-state index in [0.717, 1.165) is 29.8 Å². The van der Waals surface area contributed by atoms with Gasteiger partial charge in [-0.15, -0.1) is 0 Å². The molecular formula is C13H22N2O2S. The van der Waals surface area contributed by atoms with E-state index in [-0.39, 0.29) is 0 Å². The highest BCUT2D eigenvalue weighted by molar-refractivity contribution is 7.92. The molecule has 0 aliphatic carbocycles. The van der Waals surface area contributed by atoms with Crippen LogP contribution in [0.25, 0.3) is 0 Å². The van der Waals surface area contributed by atoms with Crippen LogP contribution in [0, 0.1) is 13.8 Å². The van der Waals surface area contributed by atoms with Crippen molar-refractivity contribution in [1.82, 2.24) is 5.32 Å². The van der Waals surface area contributed by atoms with E-state index < -0.39 is 10.0 Å². The van der Waals surface area contributed by atoms with Crippen LogP contribution in [0.3, 0.4) is 0 Å². The highest BCUT2D eigenvalue weighted by Gasteiger charge is 2.20. The summed E-state index contributed by atoms with van der Waals surface area (Å²) in [7, 11) is -1.37. The second-order valence-corrected chi connectivity index (χ2v) is 6.44. The Hall–Kier alpha value is -1.07. The fraction of sp³-hybridized carbons (Fsp3) is 0.538. The molecule has 0 unspecified atom stereocenters. The fourth-order valence-electron chi connectivity index (χ4n) is 2.04. The SMILES string of the molecule is CNCCCN(c1c(C)cccc1C)S(C)(=O)=O. The fourth-order valence-corrected chi connectivity index (χ4v) is 3.12. The van der Waals surface area contributed by atoms with Crippen LogP contribution in [0.5, 0.6) is 0 Å². The predicted molar refractivity (Wildman–Crippen MR) is 76.6 cm³/mol. The lowest BCUT2D eigenvalue weighted by Crippen LogP contribution is -2.33. The Morgan fingerprint density at radius 1 is 1.22 bits per heavy atom. The second kappa shape index (κ2) is 6.20. The molecule has 1 rings (SSSR count). The molecule has 1 N–H and O–H groups in total. The van der Waals surface area contributed by atoms with Crippen LogP contribution in [0.15, 0.2) is 18.2 Å². The van der Waals surface area contributed by atoms with Crippen molar-refractivity contribution < 1.29 is 8.42 Å². The van der Waals surface area contributed by atoms with Crippen molar-refractivity contribution in [1.29, 1.82) is 0 Å². The van der Waals surface area contributed by atoms with Crippen LogP contribution in [-0.2, 0) is 10.0 Å². The molecule has 1 aromatic carbocycles. The van der Waals surface area contributed by atoms with Gasteiger partial charge in [0.1, 0.15) is 0 Å². The van der Waals surface area contributed by atoms with E-state index in [4.69, 9.17) is 0 Å². The Kier molecular flexibility index (Phi) is 5.16. The molecular weight excluding hydrogens is 248 g/mol. The number of rotatable bonds is 6. The van der Waals surface area contributed by atoms with Crippen molar-refractivity contribution in [2.24, 2.45) is 0 Å². The number of para-hydroxylation sites is 1. The van der Waals surface area contributed by atoms with Gasteiger partial charge in [0.2, 0.25) is 10.0 Å². The van der Waals surface area contributed by atoms with E-state index in [1.165, 1.54) is 10.6 Å². The molecule has 5 heteroatoms. The summed E-state index contributed by atoms with van der Waals surface area (Å²) in [5.41, 5.74) is 2.80. The summed E-state index contributed by atoms with van der Waals surface area (Å²) in [4.78, 5) is 0. The molecule has 0 bridgehead atoms. The summed E-state index contributed by atoms with van der Waals surface area (Å²) in [6, 6.07) is 5.83. The maximum absolute atomic E-state index is 11.9. The maximum Gasteiger partial charge on any atom is 0.232 e. The molecule has 0 aliphatic heterocycles. The lowest BCUT2D eigenvalue weighted by molar-refractivity contribution is 0.593. The summed E-state index contributed by atoms with van der Waals surface area (Å²) in [6.45, 7) is 5.19. The third-order valence-corrected chi connectivity index (χ3v) is 4.04. The third kappa shape index (κ3) is 3.71. The molecule has 0 spiro atoms. The first-order valence-corrected chi connectivity index (χ1v) is 7.91. The average molecular weight is 270 g/mol. The Labute approximate surface area is 110 Å². The van der Waals surface area contributed by atoms with Gasteiger partial charge in [-0.1, -0.05) is 18.2 Å². The summed E-state index contributed by atoms with van der Waals surface area (Å²) >= 11 is 0. The van der Waals surface area contributed by atoms with Gasteiger partial charge in [0.15, 0.2) is 0 Å². The van der Waals surface area contributed by atoms with Gasteiger partial charge in [0.05, 0.1) is 11.9 Å². The molecule has 1 aromatic rings. The van der Waals surface area contributed by atoms with Gasteiger partial charge < -0.3 is 5.32 Å². The van der Waals surface area contributed by atoms with E-state index >= 15 is 0 Å². The van der Waals surface area contributed by atoms with E-state index in [1.807, 2.05) is 39.1 Å². The van der Waals surface area contributed by atoms with Crippen molar-refractivity contribution in [3.8, 4) is 0 Å². The standard InChI is InChI=1S/C13H22N2O2S/c1-11-7-5-8-12(2)13(11)15(18(4,16)17)10-6-9-14-3/h5,7-8,14H,6,9-10H2,1-4H3. The topological polar surface area (TPSA) is 49.4 Å². The van der Waals surface area contributed by atoms with Gasteiger partial charge in [-0.25, -0.2) is 8.42 Å². The van der Waals surface area contributed by atoms with Crippen LogP contribution in [0.2, 0.25) is 0 Å². The number of hydrogen-bond donors (Lipinski definition) is 1. The smallest absolute Gasteiger partial charge is 0.232 e. The first kappa shape index (κ1) is 15.0. The normalized spacial score (nSPS) is 11.6. The minimum atomic E-state index is -3.24. The molecule has 0 heterocycles. The number of aryl methyl sites for hydroxylation is 2. The number of sulfonamides is 1. The van der Waals surface area contributed by atoms with Gasteiger partial charge in [0, 0.05) is 6.54 Å². The molecule has 0 aliphatic rings. The van der Waals surface area contributed by atoms with Gasteiger partial charge in [-0.2, -0.15) is 0 Å². The second-order valence-electron chi connectivity index (χ2n) is 4.53. The van der Waals surface area contributed by atoms with Crippen molar-refractivity contribution in [3.05, 3.63) is 29.3 Å². The minimum Gasteiger partial charge on any atom is -0.320 e. The number of benzene rings is 1. The molecule has 0 aromatic heterocycles. The summed E-state index contributed by atoms with van der Waals surface area (Å²) in [5.74, 6) is 0. The molecule has 0 amide bonds. The summed E-state index contributed by atoms with van der Waals surface area (Å²) < 4.78 is 25.4. The Bertz CT molecular complexity index is 477. The maximum atomic E-state index is 11.9. The van der Waals surface area contributed by atoms with Crippen LogP contribution >= 0.6 is 0 Å². The van der Waals surface area contributed by atoms with E-state index in [9.17, 15) is 8.42 Å². The highest BCUT2D eigenvalue weighted by atomic mass is 32.2. The zero-order chi connectivity index (χ0) is 13.8. The van der Waals surface area contributed by atoms with Crippen molar-refractivity contribution in [3.63, 3.8) is 0 Å². The molecule has 102 valence electrons. The largest absolute Gasteiger partial charge is 0.320 e. The lowest BCUT2D eigenvalue weighted by Gasteiger charge is -2.26. The summed E-state index contributed by atoms with van der Waals surface area (Å²) in [5, 5.41) is 3.03. The zero-order valence-electron chi connectivity index (χ0n) is 11.5. The molecule has 18 heavy (non-hydrogen) atoms. The Morgan fingerprint density at radius 3 is 2.22 bits per heavy atom. The highest BCUT2D eigenvalue weighted by Crippen LogP contribution is 2.26. The van der Waals surface area contributed by atoms with Crippen LogP contribution < -0.4 is 9.62 Å². The monoisotopic (exact) mass is 270 g/mol. The van der Waals surface area contributed by atoms with Crippen molar-refractivity contribution in [2.45, 2.75) is 20.3 Å². The Balaban J connectivity index is 3.11. The quantitative estimate of drug-likeness (QED) is 0.800. The van der Waals surface area contributed by atoms with E-state index in [0.29, 0.717) is 6.54 Å². The minimum absolute atomic E-state index is 0.505. The van der Waals surface area contributed by atoms with Crippen molar-refractivity contribution >= 4 is 15.7 Å². The number of nitrogens with one attached hydrogen (secondary N) is 1. The first-order chi connectivity index (χ1) is 8.38.